The lowest BCUT2D eigenvalue weighted by Crippen LogP contribution is -2.44. The van der Waals surface area contributed by atoms with Gasteiger partial charge >= 0.3 is 0 Å². The van der Waals surface area contributed by atoms with Gasteiger partial charge in [0.2, 0.25) is 0 Å². The number of hydrogen-bond donors (Lipinski definition) is 1. The van der Waals surface area contributed by atoms with Gasteiger partial charge in [-0.15, -0.1) is 0 Å². The van der Waals surface area contributed by atoms with Crippen molar-refractivity contribution in [3.8, 4) is 0 Å². The molecule has 3 atom stereocenters. The van der Waals surface area contributed by atoms with Gasteiger partial charge < -0.3 is 4.74 Å². The highest BCUT2D eigenvalue weighted by Crippen LogP contribution is 2.24. The van der Waals surface area contributed by atoms with Gasteiger partial charge in [-0.1, -0.05) is 25.0 Å². The first-order valence-electron chi connectivity index (χ1n) is 9.09. The van der Waals surface area contributed by atoms with Crippen LogP contribution in [-0.2, 0) is 4.74 Å². The molecule has 0 bridgehead atoms. The quantitative estimate of drug-likeness (QED) is 0.620. The van der Waals surface area contributed by atoms with Crippen molar-refractivity contribution in [3.63, 3.8) is 0 Å². The molecule has 3 rings (SSSR count). The van der Waals surface area contributed by atoms with E-state index in [1.54, 1.807) is 12.4 Å². The molecule has 25 heavy (non-hydrogen) atoms. The average Bonchev–Trinajstić information content (AvgIpc) is 2.68. The van der Waals surface area contributed by atoms with Crippen LogP contribution < -0.4 is 5.32 Å². The van der Waals surface area contributed by atoms with E-state index in [4.69, 9.17) is 9.73 Å². The maximum atomic E-state index is 5.90. The van der Waals surface area contributed by atoms with Crippen LogP contribution in [0.3, 0.4) is 0 Å². The lowest BCUT2D eigenvalue weighted by atomic mass is 9.90. The molecular weight excluding hydrogens is 312 g/mol. The van der Waals surface area contributed by atoms with Gasteiger partial charge in [0, 0.05) is 31.3 Å². The molecule has 1 N–H and O–H groups in total. The molecule has 2 aromatic rings. The third kappa shape index (κ3) is 5.18. The van der Waals surface area contributed by atoms with Crippen LogP contribution in [0.25, 0.3) is 0 Å². The van der Waals surface area contributed by atoms with Crippen LogP contribution in [0, 0.1) is 0 Å². The molecule has 2 aromatic heterocycles. The molecule has 132 valence electrons. The first-order chi connectivity index (χ1) is 12.4. The predicted octanol–water partition coefficient (Wildman–Crippen LogP) is 3.53. The summed E-state index contributed by atoms with van der Waals surface area (Å²) in [5, 5.41) is 3.64. The van der Waals surface area contributed by atoms with Crippen molar-refractivity contribution in [3.05, 3.63) is 60.2 Å². The molecule has 0 spiro atoms. The van der Waals surface area contributed by atoms with Gasteiger partial charge in [-0.25, -0.2) is 0 Å². The van der Waals surface area contributed by atoms with Gasteiger partial charge in [0.25, 0.3) is 0 Å². The van der Waals surface area contributed by atoms with E-state index in [0.717, 1.165) is 24.2 Å². The number of pyridine rings is 2. The van der Waals surface area contributed by atoms with E-state index >= 15 is 0 Å². The number of nitrogens with zero attached hydrogens (tertiary/aromatic N) is 3. The van der Waals surface area contributed by atoms with E-state index in [1.165, 1.54) is 12.8 Å². The lowest BCUT2D eigenvalue weighted by molar-refractivity contribution is 0.0192. The van der Waals surface area contributed by atoms with Crippen molar-refractivity contribution in [2.24, 2.45) is 4.99 Å². The largest absolute Gasteiger partial charge is 0.358 e. The van der Waals surface area contributed by atoms with E-state index in [1.807, 2.05) is 49.5 Å². The van der Waals surface area contributed by atoms with Gasteiger partial charge in [0.1, 0.15) is 0 Å². The summed E-state index contributed by atoms with van der Waals surface area (Å²) in [6, 6.07) is 12.3. The minimum absolute atomic E-state index is 0.193. The summed E-state index contributed by atoms with van der Waals surface area (Å²) in [4.78, 5) is 13.6. The fraction of sp³-hybridized carbons (Fsp3) is 0.450. The highest BCUT2D eigenvalue weighted by atomic mass is 16.5. The first-order valence-corrected chi connectivity index (χ1v) is 9.09. The Morgan fingerprint density at radius 3 is 2.68 bits per heavy atom. The van der Waals surface area contributed by atoms with Gasteiger partial charge in [0.05, 0.1) is 17.4 Å². The highest BCUT2D eigenvalue weighted by Gasteiger charge is 2.27. The van der Waals surface area contributed by atoms with Gasteiger partial charge in [-0.05, 0) is 44.0 Å². The summed E-state index contributed by atoms with van der Waals surface area (Å²) < 4.78 is 5.90. The van der Waals surface area contributed by atoms with Crippen LogP contribution in [0.5, 0.6) is 0 Å². The van der Waals surface area contributed by atoms with Gasteiger partial charge in [-0.3, -0.25) is 20.3 Å². The SMILES string of the molecule is CCO[C@H](N[C@@H]1CCCC[C@H]1N=Cc1ccccn1)c1ccccn1. The third-order valence-electron chi connectivity index (χ3n) is 4.47. The molecule has 1 aliphatic rings. The van der Waals surface area contributed by atoms with E-state index in [-0.39, 0.29) is 18.3 Å². The summed E-state index contributed by atoms with van der Waals surface area (Å²) in [6.07, 6.45) is 9.91. The first kappa shape index (κ1) is 17.7. The van der Waals surface area contributed by atoms with E-state index in [2.05, 4.69) is 15.3 Å². The molecule has 5 nitrogen and oxygen atoms in total. The van der Waals surface area contributed by atoms with Crippen molar-refractivity contribution >= 4 is 6.21 Å². The highest BCUT2D eigenvalue weighted by molar-refractivity contribution is 5.76. The molecule has 0 unspecified atom stereocenters. The fourth-order valence-electron chi connectivity index (χ4n) is 3.22. The minimum Gasteiger partial charge on any atom is -0.358 e. The smallest absolute Gasteiger partial charge is 0.151 e. The normalized spacial score (nSPS) is 22.1. The lowest BCUT2D eigenvalue weighted by Gasteiger charge is -2.32. The number of rotatable bonds is 7. The van der Waals surface area contributed by atoms with Gasteiger partial charge in [0.15, 0.2) is 6.23 Å². The number of nitrogens with one attached hydrogen (secondary N) is 1. The molecular formula is C20H26N4O. The van der Waals surface area contributed by atoms with Crippen molar-refractivity contribution in [1.29, 1.82) is 0 Å². The maximum absolute atomic E-state index is 5.90. The van der Waals surface area contributed by atoms with E-state index in [9.17, 15) is 0 Å². The van der Waals surface area contributed by atoms with Crippen LogP contribution in [0.15, 0.2) is 53.8 Å². The zero-order valence-corrected chi connectivity index (χ0v) is 14.7. The van der Waals surface area contributed by atoms with Crippen molar-refractivity contribution in [2.75, 3.05) is 6.61 Å². The van der Waals surface area contributed by atoms with Crippen molar-refractivity contribution in [1.82, 2.24) is 15.3 Å². The summed E-state index contributed by atoms with van der Waals surface area (Å²) in [5.74, 6) is 0. The Kier molecular flexibility index (Phi) is 6.65. The zero-order valence-electron chi connectivity index (χ0n) is 14.7. The van der Waals surface area contributed by atoms with Crippen LogP contribution in [0.1, 0.15) is 50.2 Å². The Morgan fingerprint density at radius 2 is 1.96 bits per heavy atom. The molecule has 2 heterocycles. The summed E-state index contributed by atoms with van der Waals surface area (Å²) >= 11 is 0. The fourth-order valence-corrected chi connectivity index (χ4v) is 3.22. The molecule has 1 aliphatic carbocycles. The van der Waals surface area contributed by atoms with Crippen LogP contribution in [0.2, 0.25) is 0 Å². The van der Waals surface area contributed by atoms with Crippen molar-refractivity contribution < 1.29 is 4.74 Å². The van der Waals surface area contributed by atoms with Crippen LogP contribution >= 0.6 is 0 Å². The zero-order chi connectivity index (χ0) is 17.3. The molecule has 5 heteroatoms. The average molecular weight is 338 g/mol. The number of hydrogen-bond acceptors (Lipinski definition) is 5. The van der Waals surface area contributed by atoms with Gasteiger partial charge in [-0.2, -0.15) is 0 Å². The molecule has 0 amide bonds. The number of aromatic nitrogens is 2. The second-order valence-electron chi connectivity index (χ2n) is 6.25. The topological polar surface area (TPSA) is 59.4 Å². The second kappa shape index (κ2) is 9.39. The molecule has 0 saturated heterocycles. The Morgan fingerprint density at radius 1 is 1.16 bits per heavy atom. The molecule has 0 aromatic carbocycles. The Hall–Kier alpha value is -2.11. The standard InChI is InChI=1S/C20H26N4O/c1-2-25-20(19-12-6-8-14-22-19)24-18-11-4-3-10-17(18)23-15-16-9-5-7-13-21-16/h5-9,12-15,17-18,20,24H,2-4,10-11H2,1H3/t17-,18-,20+/m1/s1. The van der Waals surface area contributed by atoms with Crippen LogP contribution in [0.4, 0.5) is 0 Å². The Labute approximate surface area is 149 Å². The third-order valence-corrected chi connectivity index (χ3v) is 4.47. The summed E-state index contributed by atoms with van der Waals surface area (Å²) in [5.41, 5.74) is 1.82. The van der Waals surface area contributed by atoms with E-state index < -0.39 is 0 Å². The molecule has 1 saturated carbocycles. The summed E-state index contributed by atoms with van der Waals surface area (Å²) in [6.45, 7) is 2.65. The maximum Gasteiger partial charge on any atom is 0.151 e. The monoisotopic (exact) mass is 338 g/mol. The Bertz CT molecular complexity index is 647. The second-order valence-corrected chi connectivity index (χ2v) is 6.25. The number of aliphatic imine (C=N–C) groups is 1. The Balaban J connectivity index is 1.70. The number of ether oxygens (including phenoxy) is 1. The molecule has 0 aliphatic heterocycles. The molecule has 0 radical (unpaired) electrons. The van der Waals surface area contributed by atoms with Crippen molar-refractivity contribution in [2.45, 2.75) is 50.9 Å². The van der Waals surface area contributed by atoms with E-state index in [0.29, 0.717) is 6.61 Å². The predicted molar refractivity (Wildman–Crippen MR) is 99.6 cm³/mol. The van der Waals surface area contributed by atoms with Crippen LogP contribution in [-0.4, -0.2) is 34.9 Å². The molecule has 1 fully saturated rings. The summed E-state index contributed by atoms with van der Waals surface area (Å²) in [7, 11) is 0. The minimum atomic E-state index is -0.193.